The topological polar surface area (TPSA) is 85.0 Å². The van der Waals surface area contributed by atoms with Crippen LogP contribution in [0.25, 0.3) is 0 Å². The third-order valence-corrected chi connectivity index (χ3v) is 2.74. The minimum Gasteiger partial charge on any atom is -0.497 e. The van der Waals surface area contributed by atoms with Crippen LogP contribution in [0.4, 0.5) is 5.69 Å². The van der Waals surface area contributed by atoms with E-state index in [4.69, 9.17) is 20.3 Å². The zero-order valence-electron chi connectivity index (χ0n) is 11.4. The molecule has 0 aromatic heterocycles. The van der Waals surface area contributed by atoms with E-state index in [1.807, 2.05) is 18.0 Å². The molecule has 19 heavy (non-hydrogen) atoms. The molecule has 6 heteroatoms. The number of hydrogen-bond acceptors (Lipinski definition) is 5. The standard InChI is InChI=1S/C13H20N2O4/c1-15(8-9(14)6-13(16)17)11-7-10(18-2)4-5-12(11)19-3/h4-5,7,9H,6,8,14H2,1-3H3,(H,16,17). The molecule has 1 aromatic carbocycles. The van der Waals surface area contributed by atoms with Crippen molar-refractivity contribution in [2.45, 2.75) is 12.5 Å². The van der Waals surface area contributed by atoms with Crippen molar-refractivity contribution in [1.29, 1.82) is 0 Å². The smallest absolute Gasteiger partial charge is 0.304 e. The van der Waals surface area contributed by atoms with Crippen molar-refractivity contribution in [3.8, 4) is 11.5 Å². The van der Waals surface area contributed by atoms with Crippen LogP contribution in [0.2, 0.25) is 0 Å². The number of nitrogens with two attached hydrogens (primary N) is 1. The van der Waals surface area contributed by atoms with Gasteiger partial charge in [0.2, 0.25) is 0 Å². The highest BCUT2D eigenvalue weighted by molar-refractivity contribution is 5.68. The molecule has 0 radical (unpaired) electrons. The number of hydrogen-bond donors (Lipinski definition) is 2. The Labute approximate surface area is 112 Å². The summed E-state index contributed by atoms with van der Waals surface area (Å²) >= 11 is 0. The fourth-order valence-electron chi connectivity index (χ4n) is 1.83. The van der Waals surface area contributed by atoms with Gasteiger partial charge in [0.15, 0.2) is 0 Å². The summed E-state index contributed by atoms with van der Waals surface area (Å²) in [5, 5.41) is 8.71. The monoisotopic (exact) mass is 268 g/mol. The van der Waals surface area contributed by atoms with E-state index < -0.39 is 12.0 Å². The van der Waals surface area contributed by atoms with Crippen LogP contribution < -0.4 is 20.1 Å². The molecule has 0 aliphatic heterocycles. The zero-order valence-corrected chi connectivity index (χ0v) is 11.4. The van der Waals surface area contributed by atoms with Crippen molar-refractivity contribution < 1.29 is 19.4 Å². The first-order valence-electron chi connectivity index (χ1n) is 5.88. The number of methoxy groups -OCH3 is 2. The highest BCUT2D eigenvalue weighted by Crippen LogP contribution is 2.31. The molecule has 3 N–H and O–H groups in total. The number of likely N-dealkylation sites (N-methyl/N-ethyl adjacent to an activating group) is 1. The number of carboxylic acids is 1. The van der Waals surface area contributed by atoms with Gasteiger partial charge in [0.1, 0.15) is 11.5 Å². The highest BCUT2D eigenvalue weighted by atomic mass is 16.5. The largest absolute Gasteiger partial charge is 0.497 e. The Morgan fingerprint density at radius 1 is 1.42 bits per heavy atom. The van der Waals surface area contributed by atoms with E-state index in [1.54, 1.807) is 26.4 Å². The Hall–Kier alpha value is -1.95. The van der Waals surface area contributed by atoms with Crippen LogP contribution in [0, 0.1) is 0 Å². The molecule has 0 saturated carbocycles. The van der Waals surface area contributed by atoms with Gasteiger partial charge in [-0.05, 0) is 12.1 Å². The second-order valence-corrected chi connectivity index (χ2v) is 4.28. The number of carboxylic acid groups (broad SMARTS) is 1. The van der Waals surface area contributed by atoms with Gasteiger partial charge in [-0.25, -0.2) is 0 Å². The minimum absolute atomic E-state index is 0.0728. The normalized spacial score (nSPS) is 11.8. The molecule has 1 aromatic rings. The zero-order chi connectivity index (χ0) is 14.4. The predicted molar refractivity (Wildman–Crippen MR) is 73.0 cm³/mol. The van der Waals surface area contributed by atoms with Crippen molar-refractivity contribution >= 4 is 11.7 Å². The molecule has 0 saturated heterocycles. The average molecular weight is 268 g/mol. The number of rotatable bonds is 7. The summed E-state index contributed by atoms with van der Waals surface area (Å²) in [6, 6.07) is 4.98. The van der Waals surface area contributed by atoms with Crippen LogP contribution in [0.1, 0.15) is 6.42 Å². The van der Waals surface area contributed by atoms with Crippen molar-refractivity contribution in [2.75, 3.05) is 32.7 Å². The Bertz CT molecular complexity index is 437. The van der Waals surface area contributed by atoms with Gasteiger partial charge in [-0.3, -0.25) is 4.79 Å². The van der Waals surface area contributed by atoms with Crippen molar-refractivity contribution in [3.63, 3.8) is 0 Å². The predicted octanol–water partition coefficient (Wildman–Crippen LogP) is 0.942. The van der Waals surface area contributed by atoms with Crippen molar-refractivity contribution in [1.82, 2.24) is 0 Å². The average Bonchev–Trinajstić information content (AvgIpc) is 2.36. The molecule has 1 atom stereocenters. The van der Waals surface area contributed by atoms with Gasteiger partial charge in [-0.2, -0.15) is 0 Å². The fraction of sp³-hybridized carbons (Fsp3) is 0.462. The van der Waals surface area contributed by atoms with E-state index >= 15 is 0 Å². The molecule has 0 fully saturated rings. The maximum Gasteiger partial charge on any atom is 0.304 e. The maximum atomic E-state index is 10.6. The van der Waals surface area contributed by atoms with Crippen LogP contribution in [-0.4, -0.2) is 44.9 Å². The maximum absolute atomic E-state index is 10.6. The Balaban J connectivity index is 2.84. The van der Waals surface area contributed by atoms with Gasteiger partial charge in [-0.15, -0.1) is 0 Å². The Kier molecular flexibility index (Phi) is 5.44. The summed E-state index contributed by atoms with van der Waals surface area (Å²) in [6.07, 6.45) is -0.0728. The number of carbonyl (C=O) groups is 1. The fourth-order valence-corrected chi connectivity index (χ4v) is 1.83. The van der Waals surface area contributed by atoms with Crippen LogP contribution in [0.15, 0.2) is 18.2 Å². The second-order valence-electron chi connectivity index (χ2n) is 4.28. The number of anilines is 1. The summed E-state index contributed by atoms with van der Waals surface area (Å²) in [5.74, 6) is 0.485. The molecular weight excluding hydrogens is 248 g/mol. The van der Waals surface area contributed by atoms with Crippen LogP contribution >= 0.6 is 0 Å². The molecule has 1 rings (SSSR count). The summed E-state index contributed by atoms with van der Waals surface area (Å²) in [6.45, 7) is 0.413. The molecule has 6 nitrogen and oxygen atoms in total. The number of nitrogens with zero attached hydrogens (tertiary/aromatic N) is 1. The summed E-state index contributed by atoms with van der Waals surface area (Å²) in [7, 11) is 5.00. The lowest BCUT2D eigenvalue weighted by Gasteiger charge is -2.24. The van der Waals surface area contributed by atoms with Gasteiger partial charge >= 0.3 is 5.97 Å². The van der Waals surface area contributed by atoms with E-state index in [-0.39, 0.29) is 6.42 Å². The van der Waals surface area contributed by atoms with Crippen molar-refractivity contribution in [2.24, 2.45) is 5.73 Å². The SMILES string of the molecule is COc1ccc(OC)c(N(C)CC(N)CC(=O)O)c1. The van der Waals surface area contributed by atoms with E-state index in [9.17, 15) is 4.79 Å². The second kappa shape index (κ2) is 6.84. The van der Waals surface area contributed by atoms with Crippen LogP contribution in [-0.2, 0) is 4.79 Å². The molecule has 106 valence electrons. The van der Waals surface area contributed by atoms with Crippen LogP contribution in [0.5, 0.6) is 11.5 Å². The first-order chi connectivity index (χ1) is 8.97. The molecule has 0 spiro atoms. The number of benzene rings is 1. The molecule has 0 heterocycles. The van der Waals surface area contributed by atoms with Gasteiger partial charge in [0.05, 0.1) is 26.3 Å². The molecule has 1 unspecified atom stereocenters. The van der Waals surface area contributed by atoms with Gasteiger partial charge in [0.25, 0.3) is 0 Å². The van der Waals surface area contributed by atoms with E-state index in [2.05, 4.69) is 0 Å². The first kappa shape index (κ1) is 15.1. The Morgan fingerprint density at radius 3 is 2.63 bits per heavy atom. The quantitative estimate of drug-likeness (QED) is 0.765. The van der Waals surface area contributed by atoms with E-state index in [0.717, 1.165) is 5.69 Å². The van der Waals surface area contributed by atoms with Crippen LogP contribution in [0.3, 0.4) is 0 Å². The molecule has 0 aliphatic rings. The van der Waals surface area contributed by atoms with Gasteiger partial charge in [-0.1, -0.05) is 0 Å². The van der Waals surface area contributed by atoms with Gasteiger partial charge < -0.3 is 25.2 Å². The Morgan fingerprint density at radius 2 is 2.11 bits per heavy atom. The summed E-state index contributed by atoms with van der Waals surface area (Å²) in [5.41, 5.74) is 6.59. The van der Waals surface area contributed by atoms with E-state index in [0.29, 0.717) is 18.0 Å². The minimum atomic E-state index is -0.904. The summed E-state index contributed by atoms with van der Waals surface area (Å²) < 4.78 is 10.4. The summed E-state index contributed by atoms with van der Waals surface area (Å²) in [4.78, 5) is 12.5. The molecule has 0 amide bonds. The molecule has 0 aliphatic carbocycles. The lowest BCUT2D eigenvalue weighted by molar-refractivity contribution is -0.137. The highest BCUT2D eigenvalue weighted by Gasteiger charge is 2.15. The lowest BCUT2D eigenvalue weighted by Crippen LogP contribution is -2.37. The lowest BCUT2D eigenvalue weighted by atomic mass is 10.2. The molecule has 0 bridgehead atoms. The van der Waals surface area contributed by atoms with E-state index in [1.165, 1.54) is 0 Å². The number of aliphatic carboxylic acids is 1. The first-order valence-corrected chi connectivity index (χ1v) is 5.88. The molecular formula is C13H20N2O4. The van der Waals surface area contributed by atoms with Gasteiger partial charge in [0, 0.05) is 25.7 Å². The number of ether oxygens (including phenoxy) is 2. The third kappa shape index (κ3) is 4.33. The van der Waals surface area contributed by atoms with Crippen molar-refractivity contribution in [3.05, 3.63) is 18.2 Å². The third-order valence-electron chi connectivity index (χ3n) is 2.74.